The van der Waals surface area contributed by atoms with E-state index < -0.39 is 0 Å². The van der Waals surface area contributed by atoms with Gasteiger partial charge in [-0.05, 0) is 53.0 Å². The summed E-state index contributed by atoms with van der Waals surface area (Å²) in [5.41, 5.74) is 3.24. The van der Waals surface area contributed by atoms with Gasteiger partial charge in [-0.15, -0.1) is 11.3 Å². The van der Waals surface area contributed by atoms with Gasteiger partial charge in [0.15, 0.2) is 0 Å². The minimum Gasteiger partial charge on any atom is -0.321 e. The van der Waals surface area contributed by atoms with Crippen molar-refractivity contribution in [3.63, 3.8) is 0 Å². The zero-order valence-corrected chi connectivity index (χ0v) is 14.1. The molecule has 0 saturated heterocycles. The number of carbonyl (C=O) groups excluding carboxylic acids is 1. The normalized spacial score (nSPS) is 10.6. The van der Waals surface area contributed by atoms with Crippen molar-refractivity contribution in [2.75, 3.05) is 5.32 Å². The molecule has 0 spiro atoms. The zero-order chi connectivity index (χ0) is 14.2. The van der Waals surface area contributed by atoms with Crippen LogP contribution < -0.4 is 5.32 Å². The van der Waals surface area contributed by atoms with Gasteiger partial charge in [0.2, 0.25) is 0 Å². The van der Waals surface area contributed by atoms with Gasteiger partial charge in [0, 0.05) is 4.47 Å². The number of aryl methyl sites for hydroxylation is 2. The summed E-state index contributed by atoms with van der Waals surface area (Å²) in [4.78, 5) is 12.2. The maximum atomic E-state index is 12.2. The highest BCUT2D eigenvalue weighted by atomic mass is 79.9. The van der Waals surface area contributed by atoms with Crippen LogP contribution in [0.2, 0.25) is 8.67 Å². The summed E-state index contributed by atoms with van der Waals surface area (Å²) >= 11 is 16.4. The number of anilines is 1. The summed E-state index contributed by atoms with van der Waals surface area (Å²) in [7, 11) is 0. The Balaban J connectivity index is 2.32. The average molecular weight is 379 g/mol. The molecule has 6 heteroatoms. The summed E-state index contributed by atoms with van der Waals surface area (Å²) in [6.07, 6.45) is 0. The molecule has 19 heavy (non-hydrogen) atoms. The van der Waals surface area contributed by atoms with Crippen molar-refractivity contribution in [2.45, 2.75) is 13.8 Å². The second-order valence-corrected chi connectivity index (χ2v) is 7.27. The lowest BCUT2D eigenvalue weighted by Gasteiger charge is -2.11. The smallest absolute Gasteiger partial charge is 0.258 e. The lowest BCUT2D eigenvalue weighted by Crippen LogP contribution is -2.13. The molecule has 1 aromatic carbocycles. The molecule has 2 aromatic rings. The van der Waals surface area contributed by atoms with Gasteiger partial charge in [0.1, 0.15) is 4.34 Å². The Hall–Kier alpha value is -0.550. The van der Waals surface area contributed by atoms with E-state index in [1.165, 1.54) is 11.3 Å². The van der Waals surface area contributed by atoms with Crippen LogP contribution in [-0.4, -0.2) is 5.91 Å². The first kappa shape index (κ1) is 14.9. The van der Waals surface area contributed by atoms with Gasteiger partial charge < -0.3 is 5.32 Å². The highest BCUT2D eigenvalue weighted by molar-refractivity contribution is 9.10. The van der Waals surface area contributed by atoms with E-state index in [-0.39, 0.29) is 5.91 Å². The molecule has 2 rings (SSSR count). The molecule has 1 amide bonds. The summed E-state index contributed by atoms with van der Waals surface area (Å²) in [6.45, 7) is 3.94. The molecule has 2 nitrogen and oxygen atoms in total. The minimum atomic E-state index is -0.263. The van der Waals surface area contributed by atoms with Crippen molar-refractivity contribution in [1.29, 1.82) is 0 Å². The molecule has 0 saturated carbocycles. The fraction of sp³-hybridized carbons (Fsp3) is 0.154. The second-order valence-electron chi connectivity index (χ2n) is 4.13. The van der Waals surface area contributed by atoms with Gasteiger partial charge in [0.05, 0.1) is 15.6 Å². The van der Waals surface area contributed by atoms with Gasteiger partial charge in [-0.3, -0.25) is 4.79 Å². The third-order valence-electron chi connectivity index (χ3n) is 2.57. The van der Waals surface area contributed by atoms with Gasteiger partial charge in [-0.2, -0.15) is 0 Å². The van der Waals surface area contributed by atoms with Gasteiger partial charge >= 0.3 is 0 Å². The van der Waals surface area contributed by atoms with Crippen LogP contribution in [-0.2, 0) is 0 Å². The first-order chi connectivity index (χ1) is 8.88. The van der Waals surface area contributed by atoms with Crippen LogP contribution in [0.5, 0.6) is 0 Å². The van der Waals surface area contributed by atoms with Crippen LogP contribution in [0, 0.1) is 13.8 Å². The molecule has 100 valence electrons. The van der Waals surface area contributed by atoms with Crippen molar-refractivity contribution in [2.24, 2.45) is 0 Å². The third kappa shape index (κ3) is 3.31. The molecule has 0 bridgehead atoms. The number of halogens is 3. The fourth-order valence-corrected chi connectivity index (χ4v) is 3.98. The Kier molecular flexibility index (Phi) is 4.56. The zero-order valence-electron chi connectivity index (χ0n) is 10.2. The first-order valence-electron chi connectivity index (χ1n) is 5.41. The number of benzene rings is 1. The Bertz CT molecular complexity index is 631. The number of carbonyl (C=O) groups is 1. The van der Waals surface area contributed by atoms with E-state index in [1.54, 1.807) is 6.07 Å². The maximum Gasteiger partial charge on any atom is 0.258 e. The van der Waals surface area contributed by atoms with E-state index in [0.717, 1.165) is 21.3 Å². The molecule has 1 heterocycles. The fourth-order valence-electron chi connectivity index (χ4n) is 1.75. The quantitative estimate of drug-likeness (QED) is 0.714. The van der Waals surface area contributed by atoms with Gasteiger partial charge in [0.25, 0.3) is 5.91 Å². The maximum absolute atomic E-state index is 12.2. The summed E-state index contributed by atoms with van der Waals surface area (Å²) in [5.74, 6) is -0.263. The molecule has 0 unspecified atom stereocenters. The van der Waals surface area contributed by atoms with Gasteiger partial charge in [-0.25, -0.2) is 0 Å². The highest BCUT2D eigenvalue weighted by Gasteiger charge is 2.16. The summed E-state index contributed by atoms with van der Waals surface area (Å²) in [6, 6.07) is 5.52. The van der Waals surface area contributed by atoms with Gasteiger partial charge in [-0.1, -0.05) is 29.3 Å². The molecule has 0 atom stereocenters. The van der Waals surface area contributed by atoms with E-state index >= 15 is 0 Å². The van der Waals surface area contributed by atoms with E-state index in [4.69, 9.17) is 23.2 Å². The first-order valence-corrected chi connectivity index (χ1v) is 7.78. The molecule has 0 fully saturated rings. The predicted octanol–water partition coefficient (Wildman–Crippen LogP) is 5.69. The minimum absolute atomic E-state index is 0.263. The average Bonchev–Trinajstić information content (AvgIpc) is 2.62. The van der Waals surface area contributed by atoms with E-state index in [2.05, 4.69) is 21.2 Å². The van der Waals surface area contributed by atoms with Crippen molar-refractivity contribution in [3.8, 4) is 0 Å². The van der Waals surface area contributed by atoms with Crippen LogP contribution in [0.15, 0.2) is 22.7 Å². The molecular weight excluding hydrogens is 369 g/mol. The second kappa shape index (κ2) is 5.83. The van der Waals surface area contributed by atoms with E-state index in [9.17, 15) is 4.79 Å². The van der Waals surface area contributed by atoms with Crippen molar-refractivity contribution in [3.05, 3.63) is 48.0 Å². The molecule has 0 aliphatic rings. The van der Waals surface area contributed by atoms with Crippen LogP contribution >= 0.6 is 50.5 Å². The standard InChI is InChI=1S/C13H10BrCl2NOS/c1-6-3-7(2)11(9(14)4-6)17-13(18)8-5-10(15)19-12(8)16/h3-5H,1-2H3,(H,17,18). The van der Waals surface area contributed by atoms with E-state index in [0.29, 0.717) is 14.2 Å². The van der Waals surface area contributed by atoms with E-state index in [1.807, 2.05) is 26.0 Å². The number of hydrogen-bond acceptors (Lipinski definition) is 2. The van der Waals surface area contributed by atoms with Crippen molar-refractivity contribution < 1.29 is 4.79 Å². The molecular formula is C13H10BrCl2NOS. The van der Waals surface area contributed by atoms with Crippen LogP contribution in [0.4, 0.5) is 5.69 Å². The summed E-state index contributed by atoms with van der Waals surface area (Å²) in [5, 5.41) is 2.85. The third-order valence-corrected chi connectivity index (χ3v) is 4.68. The highest BCUT2D eigenvalue weighted by Crippen LogP contribution is 2.33. The molecule has 0 aliphatic heterocycles. The monoisotopic (exact) mass is 377 g/mol. The van der Waals surface area contributed by atoms with Crippen molar-refractivity contribution in [1.82, 2.24) is 0 Å². The lowest BCUT2D eigenvalue weighted by molar-refractivity contribution is 0.102. The topological polar surface area (TPSA) is 29.1 Å². The molecule has 1 aromatic heterocycles. The SMILES string of the molecule is Cc1cc(C)c(NC(=O)c2cc(Cl)sc2Cl)c(Br)c1. The number of rotatable bonds is 2. The lowest BCUT2D eigenvalue weighted by atomic mass is 10.1. The molecule has 0 aliphatic carbocycles. The number of amides is 1. The molecule has 0 radical (unpaired) electrons. The Labute approximate surface area is 133 Å². The Morgan fingerprint density at radius 2 is 1.95 bits per heavy atom. The van der Waals surface area contributed by atoms with Crippen LogP contribution in [0.25, 0.3) is 0 Å². The number of thiophene rings is 1. The molecule has 1 N–H and O–H groups in total. The van der Waals surface area contributed by atoms with Crippen molar-refractivity contribution >= 4 is 62.1 Å². The number of hydrogen-bond donors (Lipinski definition) is 1. The Morgan fingerprint density at radius 1 is 1.26 bits per heavy atom. The Morgan fingerprint density at radius 3 is 2.47 bits per heavy atom. The predicted molar refractivity (Wildman–Crippen MR) is 85.9 cm³/mol. The van der Waals surface area contributed by atoms with Crippen LogP contribution in [0.1, 0.15) is 21.5 Å². The summed E-state index contributed by atoms with van der Waals surface area (Å²) < 4.78 is 1.73. The van der Waals surface area contributed by atoms with Crippen LogP contribution in [0.3, 0.4) is 0 Å². The number of nitrogens with one attached hydrogen (secondary N) is 1. The largest absolute Gasteiger partial charge is 0.321 e.